The highest BCUT2D eigenvalue weighted by atomic mass is 16.5. The van der Waals surface area contributed by atoms with Crippen molar-refractivity contribution in [3.8, 4) is 0 Å². The Labute approximate surface area is 149 Å². The lowest BCUT2D eigenvalue weighted by Crippen LogP contribution is -2.51. The molecule has 1 unspecified atom stereocenters. The summed E-state index contributed by atoms with van der Waals surface area (Å²) in [6.07, 6.45) is 3.49. The summed E-state index contributed by atoms with van der Waals surface area (Å²) in [4.78, 5) is 5.01. The fraction of sp³-hybridized carbons (Fsp3) is 0.714. The second-order valence-electron chi connectivity index (χ2n) is 8.47. The van der Waals surface area contributed by atoms with E-state index in [2.05, 4.69) is 75.0 Å². The zero-order valence-electron chi connectivity index (χ0n) is 16.3. The largest absolute Gasteiger partial charge is 0.376 e. The Kier molecular flexibility index (Phi) is 6.85. The molecule has 1 aromatic rings. The molecular weight excluding hydrogens is 296 g/mol. The first-order chi connectivity index (χ1) is 11.3. The van der Waals surface area contributed by atoms with Gasteiger partial charge in [-0.25, -0.2) is 0 Å². The van der Waals surface area contributed by atoms with E-state index in [4.69, 9.17) is 4.74 Å². The third kappa shape index (κ3) is 5.87. The molecular formula is C21H36N2O. The van der Waals surface area contributed by atoms with Crippen molar-refractivity contribution in [3.63, 3.8) is 0 Å². The van der Waals surface area contributed by atoms with Gasteiger partial charge < -0.3 is 9.64 Å². The van der Waals surface area contributed by atoms with Gasteiger partial charge >= 0.3 is 0 Å². The van der Waals surface area contributed by atoms with Crippen LogP contribution in [0.1, 0.15) is 45.6 Å². The van der Waals surface area contributed by atoms with Crippen LogP contribution >= 0.6 is 0 Å². The van der Waals surface area contributed by atoms with Gasteiger partial charge in [0.25, 0.3) is 0 Å². The molecule has 1 saturated heterocycles. The van der Waals surface area contributed by atoms with Gasteiger partial charge in [-0.2, -0.15) is 0 Å². The Bertz CT molecular complexity index is 486. The maximum absolute atomic E-state index is 6.02. The van der Waals surface area contributed by atoms with Crippen LogP contribution in [0.2, 0.25) is 0 Å². The Balaban J connectivity index is 2.14. The second kappa shape index (κ2) is 8.46. The van der Waals surface area contributed by atoms with Gasteiger partial charge in [0, 0.05) is 31.7 Å². The summed E-state index contributed by atoms with van der Waals surface area (Å²) >= 11 is 0. The van der Waals surface area contributed by atoms with E-state index in [0.717, 1.165) is 45.6 Å². The highest BCUT2D eigenvalue weighted by Crippen LogP contribution is 2.40. The number of hydrogen-bond acceptors (Lipinski definition) is 3. The normalized spacial score (nSPS) is 23.8. The van der Waals surface area contributed by atoms with Crippen LogP contribution < -0.4 is 0 Å². The van der Waals surface area contributed by atoms with Crippen LogP contribution in [-0.2, 0) is 11.3 Å². The molecule has 3 heteroatoms. The van der Waals surface area contributed by atoms with Gasteiger partial charge in [-0.1, -0.05) is 37.3 Å². The average molecular weight is 333 g/mol. The van der Waals surface area contributed by atoms with Crippen molar-refractivity contribution in [1.82, 2.24) is 9.80 Å². The van der Waals surface area contributed by atoms with Gasteiger partial charge in [0.05, 0.1) is 5.60 Å². The van der Waals surface area contributed by atoms with Crippen LogP contribution in [0.15, 0.2) is 30.3 Å². The first kappa shape index (κ1) is 19.4. The monoisotopic (exact) mass is 332 g/mol. The SMILES string of the molecule is CCCN(Cc1ccccc1)CC1(CN(C)C)CCOC(C)(C)C1. The van der Waals surface area contributed by atoms with Gasteiger partial charge in [-0.3, -0.25) is 4.90 Å². The summed E-state index contributed by atoms with van der Waals surface area (Å²) in [6, 6.07) is 10.9. The molecule has 1 aliphatic rings. The topological polar surface area (TPSA) is 15.7 Å². The molecule has 0 spiro atoms. The Morgan fingerprint density at radius 3 is 2.38 bits per heavy atom. The van der Waals surface area contributed by atoms with Crippen LogP contribution in [0, 0.1) is 5.41 Å². The lowest BCUT2D eigenvalue weighted by Gasteiger charge is -2.48. The highest BCUT2D eigenvalue weighted by Gasteiger charge is 2.42. The molecule has 2 rings (SSSR count). The van der Waals surface area contributed by atoms with Crippen LogP contribution in [0.4, 0.5) is 0 Å². The van der Waals surface area contributed by atoms with Crippen molar-refractivity contribution in [1.29, 1.82) is 0 Å². The van der Waals surface area contributed by atoms with Crippen molar-refractivity contribution < 1.29 is 4.74 Å². The number of ether oxygens (including phenoxy) is 1. The molecule has 1 atom stereocenters. The highest BCUT2D eigenvalue weighted by molar-refractivity contribution is 5.14. The first-order valence-electron chi connectivity index (χ1n) is 9.39. The van der Waals surface area contributed by atoms with E-state index in [-0.39, 0.29) is 5.60 Å². The molecule has 1 fully saturated rings. The fourth-order valence-electron chi connectivity index (χ4n) is 4.42. The summed E-state index contributed by atoms with van der Waals surface area (Å²) in [5, 5.41) is 0. The summed E-state index contributed by atoms with van der Waals surface area (Å²) < 4.78 is 6.02. The van der Waals surface area contributed by atoms with E-state index in [9.17, 15) is 0 Å². The van der Waals surface area contributed by atoms with Gasteiger partial charge in [-0.15, -0.1) is 0 Å². The van der Waals surface area contributed by atoms with E-state index in [1.54, 1.807) is 0 Å². The van der Waals surface area contributed by atoms with E-state index in [1.807, 2.05) is 0 Å². The maximum Gasteiger partial charge on any atom is 0.0632 e. The van der Waals surface area contributed by atoms with E-state index < -0.39 is 0 Å². The van der Waals surface area contributed by atoms with Crippen LogP contribution in [0.3, 0.4) is 0 Å². The fourth-order valence-corrected chi connectivity index (χ4v) is 4.42. The van der Waals surface area contributed by atoms with Crippen molar-refractivity contribution in [2.45, 2.75) is 52.2 Å². The minimum Gasteiger partial charge on any atom is -0.376 e. The van der Waals surface area contributed by atoms with Crippen LogP contribution in [0.5, 0.6) is 0 Å². The molecule has 1 aliphatic heterocycles. The molecule has 0 N–H and O–H groups in total. The zero-order chi connectivity index (χ0) is 17.6. The first-order valence-corrected chi connectivity index (χ1v) is 9.39. The van der Waals surface area contributed by atoms with E-state index >= 15 is 0 Å². The molecule has 1 heterocycles. The molecule has 24 heavy (non-hydrogen) atoms. The molecule has 0 amide bonds. The average Bonchev–Trinajstić information content (AvgIpc) is 2.46. The second-order valence-corrected chi connectivity index (χ2v) is 8.47. The standard InChI is InChI=1S/C21H36N2O/c1-6-13-23(15-19-10-8-7-9-11-19)18-21(17-22(4)5)12-14-24-20(2,3)16-21/h7-11H,6,12-18H2,1-5H3. The lowest BCUT2D eigenvalue weighted by atomic mass is 9.73. The molecule has 1 aromatic carbocycles. The minimum atomic E-state index is -0.0150. The summed E-state index contributed by atoms with van der Waals surface area (Å²) in [6.45, 7) is 12.2. The van der Waals surface area contributed by atoms with E-state index in [1.165, 1.54) is 12.0 Å². The third-order valence-electron chi connectivity index (χ3n) is 4.93. The molecule has 0 saturated carbocycles. The molecule has 0 aliphatic carbocycles. The minimum absolute atomic E-state index is 0.0150. The smallest absolute Gasteiger partial charge is 0.0632 e. The number of hydrogen-bond donors (Lipinski definition) is 0. The Hall–Kier alpha value is -0.900. The van der Waals surface area contributed by atoms with Gasteiger partial charge in [-0.05, 0) is 59.3 Å². The zero-order valence-corrected chi connectivity index (χ0v) is 16.3. The number of nitrogens with zero attached hydrogens (tertiary/aromatic N) is 2. The van der Waals surface area contributed by atoms with Crippen molar-refractivity contribution in [2.75, 3.05) is 40.3 Å². The molecule has 0 aromatic heterocycles. The van der Waals surface area contributed by atoms with Crippen molar-refractivity contribution >= 4 is 0 Å². The maximum atomic E-state index is 6.02. The van der Waals surface area contributed by atoms with Gasteiger partial charge in [0.15, 0.2) is 0 Å². The Morgan fingerprint density at radius 1 is 1.08 bits per heavy atom. The number of rotatable bonds is 8. The summed E-state index contributed by atoms with van der Waals surface area (Å²) in [5.41, 5.74) is 1.71. The van der Waals surface area contributed by atoms with Gasteiger partial charge in [0.2, 0.25) is 0 Å². The lowest BCUT2D eigenvalue weighted by molar-refractivity contribution is -0.117. The van der Waals surface area contributed by atoms with Crippen LogP contribution in [0.25, 0.3) is 0 Å². The Morgan fingerprint density at radius 2 is 1.79 bits per heavy atom. The molecule has 0 radical (unpaired) electrons. The molecule has 3 nitrogen and oxygen atoms in total. The predicted molar refractivity (Wildman–Crippen MR) is 102 cm³/mol. The van der Waals surface area contributed by atoms with Crippen LogP contribution in [-0.4, -0.2) is 55.7 Å². The van der Waals surface area contributed by atoms with Crippen molar-refractivity contribution in [3.05, 3.63) is 35.9 Å². The van der Waals surface area contributed by atoms with E-state index in [0.29, 0.717) is 5.41 Å². The molecule has 0 bridgehead atoms. The van der Waals surface area contributed by atoms with Gasteiger partial charge in [0.1, 0.15) is 0 Å². The number of benzene rings is 1. The van der Waals surface area contributed by atoms with Crippen molar-refractivity contribution in [2.24, 2.45) is 5.41 Å². The summed E-state index contributed by atoms with van der Waals surface area (Å²) in [7, 11) is 4.40. The predicted octanol–water partition coefficient (Wildman–Crippen LogP) is 4.04. The quantitative estimate of drug-likeness (QED) is 0.715. The summed E-state index contributed by atoms with van der Waals surface area (Å²) in [5.74, 6) is 0. The molecule has 136 valence electrons. The third-order valence-corrected chi connectivity index (χ3v) is 4.93.